The van der Waals surface area contributed by atoms with Gasteiger partial charge in [0, 0.05) is 5.54 Å². The molecule has 0 spiro atoms. The van der Waals surface area contributed by atoms with Crippen LogP contribution in [0, 0.1) is 5.92 Å². The molecule has 1 unspecified atom stereocenters. The molecule has 2 N–H and O–H groups in total. The van der Waals surface area contributed by atoms with Gasteiger partial charge in [0.2, 0.25) is 0 Å². The number of hydrogen-bond donors (Lipinski definition) is 1. The molecule has 0 saturated heterocycles. The molecule has 1 nitrogen and oxygen atoms in total. The highest BCUT2D eigenvalue weighted by Gasteiger charge is 2.35. The second-order valence-electron chi connectivity index (χ2n) is 10.9. The smallest absolute Gasteiger partial charge is 0.0267 e. The van der Waals surface area contributed by atoms with Gasteiger partial charge in [-0.25, -0.2) is 0 Å². The largest absolute Gasteiger partial charge is 0.324 e. The Morgan fingerprint density at radius 3 is 1.36 bits per heavy atom. The van der Waals surface area contributed by atoms with Crippen molar-refractivity contribution in [3.8, 4) is 0 Å². The van der Waals surface area contributed by atoms with Crippen LogP contribution >= 0.6 is 0 Å². The molecule has 1 atom stereocenters. The number of nitrogens with two attached hydrogens (primary N) is 1. The minimum Gasteiger partial charge on any atom is -0.324 e. The Balaban J connectivity index is 1.66. The van der Waals surface area contributed by atoms with E-state index in [-0.39, 0.29) is 5.54 Å². The topological polar surface area (TPSA) is 26.0 Å². The molecule has 0 fully saturated rings. The van der Waals surface area contributed by atoms with Gasteiger partial charge in [0.15, 0.2) is 0 Å². The molecule has 0 aliphatic carbocycles. The van der Waals surface area contributed by atoms with E-state index < -0.39 is 0 Å². The summed E-state index contributed by atoms with van der Waals surface area (Å²) in [4.78, 5) is 0. The van der Waals surface area contributed by atoms with Crippen molar-refractivity contribution in [1.29, 1.82) is 0 Å². The molecule has 194 valence electrons. The number of benzene rings is 3. The molecule has 0 bridgehead atoms. The SMILES string of the molecule is CCCCCCCCCCCCC(Cc1ccccc1)C(N)(Cc1ccccc1)Cc1ccccc1. The van der Waals surface area contributed by atoms with Gasteiger partial charge >= 0.3 is 0 Å². The second kappa shape index (κ2) is 16.4. The quantitative estimate of drug-likeness (QED) is 0.179. The van der Waals surface area contributed by atoms with Gasteiger partial charge < -0.3 is 5.73 Å². The predicted octanol–water partition coefficient (Wildman–Crippen LogP) is 9.34. The molecule has 3 aromatic carbocycles. The van der Waals surface area contributed by atoms with E-state index in [9.17, 15) is 0 Å². The fourth-order valence-corrected chi connectivity index (χ4v) is 5.67. The molecule has 36 heavy (non-hydrogen) atoms. The van der Waals surface area contributed by atoms with E-state index in [0.29, 0.717) is 5.92 Å². The summed E-state index contributed by atoms with van der Waals surface area (Å²) in [5.74, 6) is 0.439. The Kier molecular flexibility index (Phi) is 12.8. The normalized spacial score (nSPS) is 12.5. The van der Waals surface area contributed by atoms with Crippen LogP contribution in [-0.2, 0) is 19.3 Å². The highest BCUT2D eigenvalue weighted by atomic mass is 14.8. The summed E-state index contributed by atoms with van der Waals surface area (Å²) in [6.07, 6.45) is 17.8. The lowest BCUT2D eigenvalue weighted by atomic mass is 9.71. The highest BCUT2D eigenvalue weighted by molar-refractivity contribution is 5.25. The molecule has 0 aliphatic heterocycles. The molecule has 0 amide bonds. The first-order valence-corrected chi connectivity index (χ1v) is 14.6. The van der Waals surface area contributed by atoms with Gasteiger partial charge in [-0.2, -0.15) is 0 Å². The molecule has 0 saturated carbocycles. The fraction of sp³-hybridized carbons (Fsp3) is 0.486. The molecular weight excluding hydrogens is 434 g/mol. The van der Waals surface area contributed by atoms with Gasteiger partial charge in [-0.3, -0.25) is 0 Å². The Morgan fingerprint density at radius 2 is 0.917 bits per heavy atom. The van der Waals surface area contributed by atoms with Gasteiger partial charge in [-0.05, 0) is 48.3 Å². The summed E-state index contributed by atoms with van der Waals surface area (Å²) >= 11 is 0. The van der Waals surface area contributed by atoms with Gasteiger partial charge in [0.05, 0.1) is 0 Å². The summed E-state index contributed by atoms with van der Waals surface area (Å²) < 4.78 is 0. The van der Waals surface area contributed by atoms with Crippen molar-refractivity contribution >= 4 is 0 Å². The maximum atomic E-state index is 7.47. The molecule has 1 heteroatoms. The van der Waals surface area contributed by atoms with Crippen molar-refractivity contribution in [3.05, 3.63) is 108 Å². The zero-order valence-electron chi connectivity index (χ0n) is 22.7. The van der Waals surface area contributed by atoms with Crippen molar-refractivity contribution in [2.24, 2.45) is 11.7 Å². The molecule has 0 radical (unpaired) electrons. The van der Waals surface area contributed by atoms with Crippen molar-refractivity contribution in [1.82, 2.24) is 0 Å². The predicted molar refractivity (Wildman–Crippen MR) is 157 cm³/mol. The molecule has 3 aromatic rings. The summed E-state index contributed by atoms with van der Waals surface area (Å²) in [5.41, 5.74) is 11.3. The Labute approximate surface area is 221 Å². The summed E-state index contributed by atoms with van der Waals surface area (Å²) in [6.45, 7) is 2.29. The lowest BCUT2D eigenvalue weighted by molar-refractivity contribution is 0.241. The summed E-state index contributed by atoms with van der Waals surface area (Å²) in [5, 5.41) is 0. The first-order valence-electron chi connectivity index (χ1n) is 14.6. The van der Waals surface area contributed by atoms with Crippen LogP contribution in [0.5, 0.6) is 0 Å². The van der Waals surface area contributed by atoms with Crippen LogP contribution in [0.25, 0.3) is 0 Å². The molecule has 0 aromatic heterocycles. The third-order valence-corrected chi connectivity index (χ3v) is 7.80. The summed E-state index contributed by atoms with van der Waals surface area (Å²) in [6, 6.07) is 32.8. The van der Waals surface area contributed by atoms with E-state index in [1.807, 2.05) is 0 Å². The van der Waals surface area contributed by atoms with E-state index in [4.69, 9.17) is 5.73 Å². The van der Waals surface area contributed by atoms with Gasteiger partial charge in [-0.1, -0.05) is 162 Å². The molecular formula is C35H49N. The first kappa shape index (κ1) is 28.2. The van der Waals surface area contributed by atoms with Crippen LogP contribution in [0.2, 0.25) is 0 Å². The second-order valence-corrected chi connectivity index (χ2v) is 10.9. The van der Waals surface area contributed by atoms with E-state index in [1.54, 1.807) is 0 Å². The van der Waals surface area contributed by atoms with Crippen LogP contribution in [-0.4, -0.2) is 5.54 Å². The Bertz CT molecular complexity index is 877. The van der Waals surface area contributed by atoms with Crippen molar-refractivity contribution in [2.75, 3.05) is 0 Å². The third kappa shape index (κ3) is 10.3. The average Bonchev–Trinajstić information content (AvgIpc) is 2.90. The van der Waals surface area contributed by atoms with E-state index in [2.05, 4.69) is 97.9 Å². The fourth-order valence-electron chi connectivity index (χ4n) is 5.67. The minimum atomic E-state index is -0.280. The van der Waals surface area contributed by atoms with Crippen LogP contribution in [0.1, 0.15) is 94.2 Å². The Morgan fingerprint density at radius 1 is 0.528 bits per heavy atom. The van der Waals surface area contributed by atoms with E-state index >= 15 is 0 Å². The van der Waals surface area contributed by atoms with Crippen molar-refractivity contribution in [2.45, 2.75) is 102 Å². The van der Waals surface area contributed by atoms with Crippen LogP contribution in [0.15, 0.2) is 91.0 Å². The first-order chi connectivity index (χ1) is 17.7. The number of unbranched alkanes of at least 4 members (excludes halogenated alkanes) is 9. The lowest BCUT2D eigenvalue weighted by Crippen LogP contribution is -2.52. The highest BCUT2D eigenvalue weighted by Crippen LogP contribution is 2.32. The molecule has 3 rings (SSSR count). The third-order valence-electron chi connectivity index (χ3n) is 7.80. The maximum Gasteiger partial charge on any atom is 0.0267 e. The molecule has 0 heterocycles. The zero-order valence-corrected chi connectivity index (χ0v) is 22.7. The van der Waals surface area contributed by atoms with E-state index in [1.165, 1.54) is 87.3 Å². The van der Waals surface area contributed by atoms with Gasteiger partial charge in [0.25, 0.3) is 0 Å². The van der Waals surface area contributed by atoms with Crippen LogP contribution < -0.4 is 5.73 Å². The lowest BCUT2D eigenvalue weighted by Gasteiger charge is -2.39. The Hall–Kier alpha value is -2.38. The maximum absolute atomic E-state index is 7.47. The number of rotatable bonds is 18. The monoisotopic (exact) mass is 483 g/mol. The summed E-state index contributed by atoms with van der Waals surface area (Å²) in [7, 11) is 0. The van der Waals surface area contributed by atoms with Crippen molar-refractivity contribution in [3.63, 3.8) is 0 Å². The zero-order chi connectivity index (χ0) is 25.3. The minimum absolute atomic E-state index is 0.280. The van der Waals surface area contributed by atoms with Gasteiger partial charge in [0.1, 0.15) is 0 Å². The number of hydrogen-bond acceptors (Lipinski definition) is 1. The van der Waals surface area contributed by atoms with Gasteiger partial charge in [-0.15, -0.1) is 0 Å². The average molecular weight is 484 g/mol. The van der Waals surface area contributed by atoms with Crippen LogP contribution in [0.4, 0.5) is 0 Å². The van der Waals surface area contributed by atoms with E-state index in [0.717, 1.165) is 19.3 Å². The van der Waals surface area contributed by atoms with Crippen molar-refractivity contribution < 1.29 is 0 Å². The van der Waals surface area contributed by atoms with Crippen LogP contribution in [0.3, 0.4) is 0 Å². The standard InChI is InChI=1S/C35H49N/c1-2-3-4-5-6-7-8-9-10-20-27-34(28-31-21-14-11-15-22-31)35(36,29-32-23-16-12-17-24-32)30-33-25-18-13-19-26-33/h11-19,21-26,34H,2-10,20,27-30,36H2,1H3. The molecule has 0 aliphatic rings.